The van der Waals surface area contributed by atoms with Crippen LogP contribution in [0.2, 0.25) is 5.02 Å². The van der Waals surface area contributed by atoms with Gasteiger partial charge in [0.05, 0.1) is 11.1 Å². The molecule has 3 rings (SSSR count). The number of benzene rings is 2. The highest BCUT2D eigenvalue weighted by Gasteiger charge is 2.23. The number of phenols is 1. The largest absolute Gasteiger partial charge is 0.506 e. The van der Waals surface area contributed by atoms with Crippen LogP contribution in [-0.2, 0) is 6.42 Å². The first-order valence-corrected chi connectivity index (χ1v) is 6.90. The van der Waals surface area contributed by atoms with Gasteiger partial charge in [0, 0.05) is 5.56 Å². The summed E-state index contributed by atoms with van der Waals surface area (Å²) in [5.74, 6) is -0.192. The number of hydrogen-bond acceptors (Lipinski definition) is 2. The van der Waals surface area contributed by atoms with Gasteiger partial charge in [0.1, 0.15) is 5.75 Å². The molecule has 4 heteroatoms. The van der Waals surface area contributed by atoms with Gasteiger partial charge in [-0.3, -0.25) is 4.79 Å². The minimum absolute atomic E-state index is 0.0190. The zero-order valence-electron chi connectivity index (χ0n) is 10.8. The third-order valence-electron chi connectivity index (χ3n) is 3.65. The summed E-state index contributed by atoms with van der Waals surface area (Å²) >= 11 is 5.83. The Bertz CT molecular complexity index is 669. The molecule has 1 atom stereocenters. The van der Waals surface area contributed by atoms with Crippen LogP contribution in [0.15, 0.2) is 42.5 Å². The Morgan fingerprint density at radius 2 is 2.05 bits per heavy atom. The molecule has 0 saturated carbocycles. The average Bonchev–Trinajstić information content (AvgIpc) is 2.85. The van der Waals surface area contributed by atoms with E-state index in [0.29, 0.717) is 5.56 Å². The van der Waals surface area contributed by atoms with Crippen molar-refractivity contribution in [2.45, 2.75) is 18.9 Å². The van der Waals surface area contributed by atoms with E-state index in [2.05, 4.69) is 17.4 Å². The van der Waals surface area contributed by atoms with Gasteiger partial charge in [0.15, 0.2) is 0 Å². The molecule has 20 heavy (non-hydrogen) atoms. The van der Waals surface area contributed by atoms with Crippen molar-refractivity contribution in [1.29, 1.82) is 0 Å². The van der Waals surface area contributed by atoms with Crippen molar-refractivity contribution in [2.24, 2.45) is 0 Å². The smallest absolute Gasteiger partial charge is 0.251 e. The number of rotatable bonds is 2. The summed E-state index contributed by atoms with van der Waals surface area (Å²) in [6.45, 7) is 0. The number of phenolic OH excluding ortho intramolecular Hbond substituents is 1. The van der Waals surface area contributed by atoms with Crippen LogP contribution in [-0.4, -0.2) is 11.0 Å². The van der Waals surface area contributed by atoms with Crippen molar-refractivity contribution in [2.75, 3.05) is 0 Å². The Morgan fingerprint density at radius 3 is 2.85 bits per heavy atom. The fourth-order valence-electron chi connectivity index (χ4n) is 2.60. The van der Waals surface area contributed by atoms with Crippen LogP contribution in [0.3, 0.4) is 0 Å². The number of nitrogens with one attached hydrogen (secondary N) is 1. The highest BCUT2D eigenvalue weighted by Crippen LogP contribution is 2.31. The summed E-state index contributed by atoms with van der Waals surface area (Å²) in [5, 5.41) is 12.6. The van der Waals surface area contributed by atoms with E-state index in [1.54, 1.807) is 6.07 Å². The Morgan fingerprint density at radius 1 is 1.25 bits per heavy atom. The molecule has 0 aliphatic heterocycles. The summed E-state index contributed by atoms with van der Waals surface area (Å²) < 4.78 is 0. The number of aromatic hydroxyl groups is 1. The van der Waals surface area contributed by atoms with Crippen LogP contribution in [0.25, 0.3) is 0 Å². The number of fused-ring (bicyclic) bond motifs is 1. The quantitative estimate of drug-likeness (QED) is 0.888. The lowest BCUT2D eigenvalue weighted by Crippen LogP contribution is -2.27. The Hall–Kier alpha value is -2.00. The first-order valence-electron chi connectivity index (χ1n) is 6.52. The maximum absolute atomic E-state index is 12.2. The molecule has 2 N–H and O–H groups in total. The molecule has 102 valence electrons. The van der Waals surface area contributed by atoms with Crippen molar-refractivity contribution >= 4 is 17.5 Å². The van der Waals surface area contributed by atoms with Crippen molar-refractivity contribution in [3.8, 4) is 5.75 Å². The lowest BCUT2D eigenvalue weighted by molar-refractivity contribution is 0.0936. The fraction of sp³-hybridized carbons (Fsp3) is 0.188. The number of amides is 1. The Labute approximate surface area is 122 Å². The van der Waals surface area contributed by atoms with E-state index >= 15 is 0 Å². The number of hydrogen-bond donors (Lipinski definition) is 2. The van der Waals surface area contributed by atoms with E-state index in [-0.39, 0.29) is 22.7 Å². The molecule has 0 radical (unpaired) electrons. The number of carbonyl (C=O) groups excluding carboxylic acids is 1. The molecular formula is C16H14ClNO2. The molecule has 0 bridgehead atoms. The minimum Gasteiger partial charge on any atom is -0.506 e. The molecule has 0 aromatic heterocycles. The van der Waals surface area contributed by atoms with E-state index in [1.807, 2.05) is 12.1 Å². The molecule has 1 aliphatic rings. The SMILES string of the molecule is O=C(NC1CCc2ccccc21)c1ccc(O)c(Cl)c1. The van der Waals surface area contributed by atoms with Crippen LogP contribution in [0.4, 0.5) is 0 Å². The zero-order chi connectivity index (χ0) is 14.1. The van der Waals surface area contributed by atoms with Gasteiger partial charge in [-0.25, -0.2) is 0 Å². The fourth-order valence-corrected chi connectivity index (χ4v) is 2.78. The van der Waals surface area contributed by atoms with Gasteiger partial charge in [-0.1, -0.05) is 35.9 Å². The summed E-state index contributed by atoms with van der Waals surface area (Å²) in [4.78, 5) is 12.2. The highest BCUT2D eigenvalue weighted by atomic mass is 35.5. The first kappa shape index (κ1) is 13.0. The Balaban J connectivity index is 1.79. The highest BCUT2D eigenvalue weighted by molar-refractivity contribution is 6.32. The summed E-state index contributed by atoms with van der Waals surface area (Å²) in [7, 11) is 0. The summed E-state index contributed by atoms with van der Waals surface area (Å²) in [5.41, 5.74) is 2.93. The van der Waals surface area contributed by atoms with E-state index in [0.717, 1.165) is 12.8 Å². The van der Waals surface area contributed by atoms with E-state index in [4.69, 9.17) is 11.6 Å². The molecule has 2 aromatic carbocycles. The van der Waals surface area contributed by atoms with Gasteiger partial charge in [-0.15, -0.1) is 0 Å². The molecule has 0 saturated heterocycles. The van der Waals surface area contributed by atoms with Crippen molar-refractivity contribution in [3.05, 3.63) is 64.2 Å². The number of aryl methyl sites for hydroxylation is 1. The van der Waals surface area contributed by atoms with Gasteiger partial charge < -0.3 is 10.4 Å². The van der Waals surface area contributed by atoms with Gasteiger partial charge in [0.2, 0.25) is 0 Å². The van der Waals surface area contributed by atoms with Gasteiger partial charge in [-0.05, 0) is 42.2 Å². The topological polar surface area (TPSA) is 49.3 Å². The first-order chi connectivity index (χ1) is 9.65. The normalized spacial score (nSPS) is 16.8. The number of carbonyl (C=O) groups is 1. The van der Waals surface area contributed by atoms with Gasteiger partial charge in [-0.2, -0.15) is 0 Å². The number of halogens is 1. The molecule has 0 spiro atoms. The van der Waals surface area contributed by atoms with Crippen LogP contribution in [0.1, 0.15) is 33.9 Å². The molecule has 1 amide bonds. The van der Waals surface area contributed by atoms with Crippen LogP contribution >= 0.6 is 11.6 Å². The summed E-state index contributed by atoms with van der Waals surface area (Å²) in [6.07, 6.45) is 1.90. The lowest BCUT2D eigenvalue weighted by atomic mass is 10.1. The van der Waals surface area contributed by atoms with Gasteiger partial charge in [0.25, 0.3) is 5.91 Å². The minimum atomic E-state index is -0.173. The molecule has 0 heterocycles. The lowest BCUT2D eigenvalue weighted by Gasteiger charge is -2.14. The van der Waals surface area contributed by atoms with Crippen molar-refractivity contribution in [1.82, 2.24) is 5.32 Å². The molecule has 2 aromatic rings. The predicted octanol–water partition coefficient (Wildman–Crippen LogP) is 3.46. The standard InChI is InChI=1S/C16H14ClNO2/c17-13-9-11(6-8-15(13)19)16(20)18-14-7-5-10-3-1-2-4-12(10)14/h1-4,6,8-9,14,19H,5,7H2,(H,18,20). The molecular weight excluding hydrogens is 274 g/mol. The second kappa shape index (κ2) is 5.17. The maximum atomic E-state index is 12.2. The molecule has 1 unspecified atom stereocenters. The second-order valence-electron chi connectivity index (χ2n) is 4.93. The average molecular weight is 288 g/mol. The molecule has 3 nitrogen and oxygen atoms in total. The van der Waals surface area contributed by atoms with Crippen LogP contribution < -0.4 is 5.32 Å². The van der Waals surface area contributed by atoms with Gasteiger partial charge >= 0.3 is 0 Å². The third kappa shape index (κ3) is 2.37. The van der Waals surface area contributed by atoms with Crippen molar-refractivity contribution < 1.29 is 9.90 Å². The monoisotopic (exact) mass is 287 g/mol. The van der Waals surface area contributed by atoms with E-state index in [1.165, 1.54) is 23.3 Å². The van der Waals surface area contributed by atoms with E-state index in [9.17, 15) is 9.90 Å². The Kier molecular flexibility index (Phi) is 3.36. The zero-order valence-corrected chi connectivity index (χ0v) is 11.5. The van der Waals surface area contributed by atoms with E-state index < -0.39 is 0 Å². The second-order valence-corrected chi connectivity index (χ2v) is 5.34. The third-order valence-corrected chi connectivity index (χ3v) is 3.95. The molecule has 1 aliphatic carbocycles. The maximum Gasteiger partial charge on any atom is 0.251 e. The van der Waals surface area contributed by atoms with Crippen molar-refractivity contribution in [3.63, 3.8) is 0 Å². The summed E-state index contributed by atoms with van der Waals surface area (Å²) in [6, 6.07) is 12.7. The predicted molar refractivity (Wildman–Crippen MR) is 78.1 cm³/mol. The molecule has 0 fully saturated rings. The van der Waals surface area contributed by atoms with Crippen LogP contribution in [0, 0.1) is 0 Å². The van der Waals surface area contributed by atoms with Crippen LogP contribution in [0.5, 0.6) is 5.75 Å².